The van der Waals surface area contributed by atoms with Gasteiger partial charge >= 0.3 is 0 Å². The summed E-state index contributed by atoms with van der Waals surface area (Å²) in [5.74, 6) is 6.92. The maximum atomic E-state index is 5.37. The van der Waals surface area contributed by atoms with Crippen LogP contribution in [-0.4, -0.2) is 0 Å². The molecule has 0 amide bonds. The molecule has 0 aliphatic rings. The van der Waals surface area contributed by atoms with Gasteiger partial charge < -0.3 is 4.42 Å². The number of nitrogens with two attached hydrogens (primary N) is 1. The van der Waals surface area contributed by atoms with Crippen molar-refractivity contribution in [3.63, 3.8) is 0 Å². The first-order chi connectivity index (χ1) is 5.47. The lowest BCUT2D eigenvalue weighted by atomic mass is 9.99. The van der Waals surface area contributed by atoms with E-state index in [4.69, 9.17) is 15.2 Å². The van der Waals surface area contributed by atoms with Crippen LogP contribution in [0.1, 0.15) is 30.9 Å². The van der Waals surface area contributed by atoms with Crippen LogP contribution in [0.15, 0.2) is 10.5 Å². The van der Waals surface area contributed by atoms with Crippen molar-refractivity contribution in [2.45, 2.75) is 33.3 Å². The van der Waals surface area contributed by atoms with Gasteiger partial charge in [0.05, 0.1) is 0 Å². The van der Waals surface area contributed by atoms with Crippen LogP contribution in [0.3, 0.4) is 0 Å². The molecule has 1 rings (SSSR count). The van der Waals surface area contributed by atoms with Crippen LogP contribution in [0, 0.1) is 13.8 Å². The average molecular weight is 169 g/mol. The minimum absolute atomic E-state index is 0.470. The SMILES string of the molecule is Cc1cc(C(C)(C)ON)c(C)o1. The van der Waals surface area contributed by atoms with Crippen molar-refractivity contribution in [2.75, 3.05) is 0 Å². The molecule has 0 unspecified atom stereocenters. The Kier molecular flexibility index (Phi) is 2.26. The third-order valence-corrected chi connectivity index (χ3v) is 1.98. The molecule has 1 aromatic rings. The molecule has 1 heterocycles. The van der Waals surface area contributed by atoms with Gasteiger partial charge in [0.15, 0.2) is 0 Å². The molecule has 68 valence electrons. The minimum atomic E-state index is -0.470. The highest BCUT2D eigenvalue weighted by molar-refractivity contribution is 5.25. The third-order valence-electron chi connectivity index (χ3n) is 1.98. The van der Waals surface area contributed by atoms with E-state index in [2.05, 4.69) is 0 Å². The summed E-state index contributed by atoms with van der Waals surface area (Å²) >= 11 is 0. The van der Waals surface area contributed by atoms with Gasteiger partial charge in [0.1, 0.15) is 17.1 Å². The lowest BCUT2D eigenvalue weighted by Gasteiger charge is -2.20. The maximum Gasteiger partial charge on any atom is 0.112 e. The Labute approximate surface area is 72.5 Å². The zero-order chi connectivity index (χ0) is 9.35. The molecule has 3 nitrogen and oxygen atoms in total. The van der Waals surface area contributed by atoms with Gasteiger partial charge in [-0.15, -0.1) is 0 Å². The molecule has 12 heavy (non-hydrogen) atoms. The summed E-state index contributed by atoms with van der Waals surface area (Å²) in [4.78, 5) is 4.86. The first-order valence-corrected chi connectivity index (χ1v) is 3.93. The first kappa shape index (κ1) is 9.29. The van der Waals surface area contributed by atoms with E-state index in [1.807, 2.05) is 33.8 Å². The van der Waals surface area contributed by atoms with Crippen molar-refractivity contribution in [1.82, 2.24) is 0 Å². The topological polar surface area (TPSA) is 48.4 Å². The minimum Gasteiger partial charge on any atom is -0.466 e. The van der Waals surface area contributed by atoms with Gasteiger partial charge in [-0.25, -0.2) is 5.90 Å². The van der Waals surface area contributed by atoms with Gasteiger partial charge in [0.2, 0.25) is 0 Å². The number of hydrogen-bond donors (Lipinski definition) is 1. The van der Waals surface area contributed by atoms with E-state index in [9.17, 15) is 0 Å². The van der Waals surface area contributed by atoms with E-state index < -0.39 is 5.60 Å². The first-order valence-electron chi connectivity index (χ1n) is 3.93. The molecule has 2 N–H and O–H groups in total. The molecule has 0 saturated carbocycles. The summed E-state index contributed by atoms with van der Waals surface area (Å²) in [6.07, 6.45) is 0. The Balaban J connectivity index is 3.09. The second-order valence-electron chi connectivity index (χ2n) is 3.46. The van der Waals surface area contributed by atoms with E-state index in [1.54, 1.807) is 0 Å². The van der Waals surface area contributed by atoms with Crippen molar-refractivity contribution >= 4 is 0 Å². The Morgan fingerprint density at radius 1 is 1.42 bits per heavy atom. The van der Waals surface area contributed by atoms with E-state index in [-0.39, 0.29) is 0 Å². The lowest BCUT2D eigenvalue weighted by Crippen LogP contribution is -2.25. The Hall–Kier alpha value is -0.800. The second kappa shape index (κ2) is 2.92. The van der Waals surface area contributed by atoms with Crippen molar-refractivity contribution in [2.24, 2.45) is 5.90 Å². The lowest BCUT2D eigenvalue weighted by molar-refractivity contribution is -0.0245. The number of aryl methyl sites for hydroxylation is 2. The Morgan fingerprint density at radius 3 is 2.33 bits per heavy atom. The van der Waals surface area contributed by atoms with Gasteiger partial charge in [-0.1, -0.05) is 0 Å². The summed E-state index contributed by atoms with van der Waals surface area (Å²) < 4.78 is 5.37. The Morgan fingerprint density at radius 2 is 2.00 bits per heavy atom. The van der Waals surface area contributed by atoms with Crippen LogP contribution in [-0.2, 0) is 10.4 Å². The van der Waals surface area contributed by atoms with Crippen LogP contribution in [0.4, 0.5) is 0 Å². The van der Waals surface area contributed by atoms with Gasteiger partial charge in [-0.3, -0.25) is 4.84 Å². The van der Waals surface area contributed by atoms with Crippen LogP contribution in [0.5, 0.6) is 0 Å². The highest BCUT2D eigenvalue weighted by Crippen LogP contribution is 2.28. The zero-order valence-corrected chi connectivity index (χ0v) is 7.97. The maximum absolute atomic E-state index is 5.37. The van der Waals surface area contributed by atoms with E-state index in [1.165, 1.54) is 0 Å². The highest BCUT2D eigenvalue weighted by Gasteiger charge is 2.25. The largest absolute Gasteiger partial charge is 0.466 e. The van der Waals surface area contributed by atoms with Crippen molar-refractivity contribution in [3.05, 3.63) is 23.2 Å². The fourth-order valence-electron chi connectivity index (χ4n) is 1.29. The highest BCUT2D eigenvalue weighted by atomic mass is 16.6. The molecule has 0 aliphatic carbocycles. The second-order valence-corrected chi connectivity index (χ2v) is 3.46. The van der Waals surface area contributed by atoms with E-state index in [0.29, 0.717) is 0 Å². The monoisotopic (exact) mass is 169 g/mol. The normalized spacial score (nSPS) is 12.1. The molecule has 1 aromatic heterocycles. The smallest absolute Gasteiger partial charge is 0.112 e. The molecule has 0 aromatic carbocycles. The third kappa shape index (κ3) is 1.52. The quantitative estimate of drug-likeness (QED) is 0.689. The summed E-state index contributed by atoms with van der Waals surface area (Å²) in [6, 6.07) is 1.95. The van der Waals surface area contributed by atoms with Crippen LogP contribution < -0.4 is 5.90 Å². The number of rotatable bonds is 2. The molecule has 0 aliphatic heterocycles. The van der Waals surface area contributed by atoms with Gasteiger partial charge in [-0.2, -0.15) is 0 Å². The van der Waals surface area contributed by atoms with Crippen molar-refractivity contribution < 1.29 is 9.25 Å². The summed E-state index contributed by atoms with van der Waals surface area (Å²) in [7, 11) is 0. The fourth-order valence-corrected chi connectivity index (χ4v) is 1.29. The molecule has 0 atom stereocenters. The van der Waals surface area contributed by atoms with Crippen molar-refractivity contribution in [3.8, 4) is 0 Å². The number of hydrogen-bond acceptors (Lipinski definition) is 3. The summed E-state index contributed by atoms with van der Waals surface area (Å²) in [5.41, 5.74) is 0.532. The molecule has 0 bridgehead atoms. The fraction of sp³-hybridized carbons (Fsp3) is 0.556. The van der Waals surface area contributed by atoms with Gasteiger partial charge in [0, 0.05) is 5.56 Å². The molecular formula is C9H15NO2. The van der Waals surface area contributed by atoms with Crippen LogP contribution in [0.25, 0.3) is 0 Å². The zero-order valence-electron chi connectivity index (χ0n) is 7.97. The summed E-state index contributed by atoms with van der Waals surface area (Å²) in [5, 5.41) is 0. The van der Waals surface area contributed by atoms with E-state index >= 15 is 0 Å². The standard InChI is InChI=1S/C9H15NO2/c1-6-5-8(7(2)11-6)9(3,4)12-10/h5H,10H2,1-4H3. The van der Waals surface area contributed by atoms with E-state index in [0.717, 1.165) is 17.1 Å². The summed E-state index contributed by atoms with van der Waals surface area (Å²) in [6.45, 7) is 7.63. The van der Waals surface area contributed by atoms with Crippen LogP contribution >= 0.6 is 0 Å². The van der Waals surface area contributed by atoms with Gasteiger partial charge in [0.25, 0.3) is 0 Å². The molecule has 0 saturated heterocycles. The molecule has 0 spiro atoms. The average Bonchev–Trinajstić information content (AvgIpc) is 2.31. The molecule has 0 radical (unpaired) electrons. The predicted octanol–water partition coefficient (Wildman–Crippen LogP) is 2.02. The van der Waals surface area contributed by atoms with Gasteiger partial charge in [-0.05, 0) is 33.8 Å². The number of furan rings is 1. The molecule has 3 heteroatoms. The molecular weight excluding hydrogens is 154 g/mol. The Bertz CT molecular complexity index is 276. The predicted molar refractivity (Wildman–Crippen MR) is 46.5 cm³/mol. The van der Waals surface area contributed by atoms with Crippen molar-refractivity contribution in [1.29, 1.82) is 0 Å². The molecule has 0 fully saturated rings. The van der Waals surface area contributed by atoms with Crippen LogP contribution in [0.2, 0.25) is 0 Å².